The molecule has 0 bridgehead atoms. The van der Waals surface area contributed by atoms with Crippen molar-refractivity contribution in [3.63, 3.8) is 0 Å². The molecule has 1 aromatic heterocycles. The maximum atomic E-state index is 12.6. The van der Waals surface area contributed by atoms with Gasteiger partial charge in [-0.2, -0.15) is 18.4 Å². The van der Waals surface area contributed by atoms with Crippen LogP contribution < -0.4 is 5.56 Å². The van der Waals surface area contributed by atoms with E-state index in [2.05, 4.69) is 0 Å². The minimum absolute atomic E-state index is 0.133. The molecule has 1 heterocycles. The third-order valence-electron chi connectivity index (χ3n) is 2.95. The Hall–Kier alpha value is -2.88. The molecule has 0 saturated heterocycles. The summed E-state index contributed by atoms with van der Waals surface area (Å²) in [4.78, 5) is 23.7. The Morgan fingerprint density at radius 2 is 1.95 bits per heavy atom. The van der Waals surface area contributed by atoms with Crippen molar-refractivity contribution in [1.29, 1.82) is 5.26 Å². The van der Waals surface area contributed by atoms with Gasteiger partial charge in [-0.1, -0.05) is 12.1 Å². The van der Waals surface area contributed by atoms with Gasteiger partial charge in [0.2, 0.25) is 0 Å². The summed E-state index contributed by atoms with van der Waals surface area (Å²) in [6.45, 7) is -0.397. The van der Waals surface area contributed by atoms with Crippen LogP contribution in [0.25, 0.3) is 0 Å². The molecule has 0 N–H and O–H groups in total. The fourth-order valence-electron chi connectivity index (χ4n) is 1.82. The zero-order valence-electron chi connectivity index (χ0n) is 11.1. The SMILES string of the molecule is N#Cc1ccn(CC(=O)c2cccc(C(F)(F)F)c2)c(=O)c1. The maximum Gasteiger partial charge on any atom is 0.416 e. The second kappa shape index (κ2) is 5.85. The van der Waals surface area contributed by atoms with Gasteiger partial charge in [0.15, 0.2) is 5.78 Å². The molecular formula is C15H9F3N2O2. The Kier molecular flexibility index (Phi) is 4.13. The number of hydrogen-bond acceptors (Lipinski definition) is 3. The minimum atomic E-state index is -4.54. The number of rotatable bonds is 3. The monoisotopic (exact) mass is 306 g/mol. The van der Waals surface area contributed by atoms with E-state index in [1.165, 1.54) is 18.3 Å². The first-order valence-corrected chi connectivity index (χ1v) is 6.12. The molecule has 1 aromatic carbocycles. The lowest BCUT2D eigenvalue weighted by Crippen LogP contribution is -2.23. The van der Waals surface area contributed by atoms with E-state index in [0.717, 1.165) is 28.8 Å². The van der Waals surface area contributed by atoms with Crippen molar-refractivity contribution in [2.75, 3.05) is 0 Å². The molecular weight excluding hydrogens is 297 g/mol. The van der Waals surface area contributed by atoms with E-state index in [-0.39, 0.29) is 11.1 Å². The fraction of sp³-hybridized carbons (Fsp3) is 0.133. The molecule has 0 spiro atoms. The maximum absolute atomic E-state index is 12.6. The van der Waals surface area contributed by atoms with Crippen molar-refractivity contribution < 1.29 is 18.0 Å². The van der Waals surface area contributed by atoms with E-state index in [0.29, 0.717) is 0 Å². The van der Waals surface area contributed by atoms with Gasteiger partial charge in [-0.15, -0.1) is 0 Å². The van der Waals surface area contributed by atoms with Crippen LogP contribution in [0.4, 0.5) is 13.2 Å². The summed E-state index contributed by atoms with van der Waals surface area (Å²) in [6.07, 6.45) is -3.28. The zero-order valence-corrected chi connectivity index (χ0v) is 11.1. The fourth-order valence-corrected chi connectivity index (χ4v) is 1.82. The second-order valence-corrected chi connectivity index (χ2v) is 4.50. The van der Waals surface area contributed by atoms with Crippen molar-refractivity contribution in [1.82, 2.24) is 4.57 Å². The van der Waals surface area contributed by atoms with Gasteiger partial charge in [0.1, 0.15) is 0 Å². The Morgan fingerprint density at radius 1 is 1.23 bits per heavy atom. The molecule has 0 fully saturated rings. The van der Waals surface area contributed by atoms with Crippen LogP contribution in [0.3, 0.4) is 0 Å². The van der Waals surface area contributed by atoms with Crippen molar-refractivity contribution in [3.05, 3.63) is 69.6 Å². The lowest BCUT2D eigenvalue weighted by Gasteiger charge is -2.09. The number of Topliss-reactive ketones (excluding diaryl/α,β-unsaturated/α-hetero) is 1. The molecule has 0 radical (unpaired) electrons. The van der Waals surface area contributed by atoms with Crippen LogP contribution in [0.1, 0.15) is 21.5 Å². The van der Waals surface area contributed by atoms with Crippen molar-refractivity contribution in [2.24, 2.45) is 0 Å². The number of ketones is 1. The summed E-state index contributed by atoms with van der Waals surface area (Å²) in [5.74, 6) is -0.627. The molecule has 7 heteroatoms. The van der Waals surface area contributed by atoms with Gasteiger partial charge in [0.05, 0.1) is 23.7 Å². The quantitative estimate of drug-likeness (QED) is 0.819. The summed E-state index contributed by atoms with van der Waals surface area (Å²) in [6, 6.07) is 8.19. The molecule has 4 nitrogen and oxygen atoms in total. The normalized spacial score (nSPS) is 11.0. The van der Waals surface area contributed by atoms with Crippen LogP contribution in [-0.2, 0) is 12.7 Å². The summed E-state index contributed by atoms with van der Waals surface area (Å²) in [5.41, 5.74) is -1.48. The van der Waals surface area contributed by atoms with Crippen LogP contribution in [-0.4, -0.2) is 10.4 Å². The first-order chi connectivity index (χ1) is 10.3. The molecule has 0 atom stereocenters. The molecule has 22 heavy (non-hydrogen) atoms. The molecule has 0 amide bonds. The molecule has 2 rings (SSSR count). The number of hydrogen-bond donors (Lipinski definition) is 0. The van der Waals surface area contributed by atoms with E-state index in [1.54, 1.807) is 6.07 Å². The summed E-state index contributed by atoms with van der Waals surface area (Å²) in [7, 11) is 0. The molecule has 0 aliphatic carbocycles. The summed E-state index contributed by atoms with van der Waals surface area (Å²) < 4.78 is 38.9. The number of nitriles is 1. The van der Waals surface area contributed by atoms with E-state index in [1.807, 2.05) is 0 Å². The molecule has 0 saturated carbocycles. The Morgan fingerprint density at radius 3 is 2.55 bits per heavy atom. The second-order valence-electron chi connectivity index (χ2n) is 4.50. The van der Waals surface area contributed by atoms with Crippen LogP contribution in [0, 0.1) is 11.3 Å². The number of aromatic nitrogens is 1. The predicted molar refractivity (Wildman–Crippen MR) is 71.2 cm³/mol. The van der Waals surface area contributed by atoms with Crippen molar-refractivity contribution in [2.45, 2.75) is 12.7 Å². The highest BCUT2D eigenvalue weighted by molar-refractivity contribution is 5.96. The van der Waals surface area contributed by atoms with Crippen molar-refractivity contribution in [3.8, 4) is 6.07 Å². The zero-order chi connectivity index (χ0) is 16.3. The number of pyridine rings is 1. The highest BCUT2D eigenvalue weighted by atomic mass is 19.4. The largest absolute Gasteiger partial charge is 0.416 e. The Labute approximate surface area is 123 Å². The van der Waals surface area contributed by atoms with Gasteiger partial charge < -0.3 is 4.57 Å². The average Bonchev–Trinajstić information content (AvgIpc) is 2.48. The Bertz CT molecular complexity index is 817. The van der Waals surface area contributed by atoms with Gasteiger partial charge in [0.25, 0.3) is 5.56 Å². The van der Waals surface area contributed by atoms with Crippen LogP contribution in [0.5, 0.6) is 0 Å². The van der Waals surface area contributed by atoms with Crippen LogP contribution >= 0.6 is 0 Å². The number of nitrogens with zero attached hydrogens (tertiary/aromatic N) is 2. The number of halogens is 3. The van der Waals surface area contributed by atoms with Crippen LogP contribution in [0.15, 0.2) is 47.4 Å². The number of carbonyl (C=O) groups excluding carboxylic acids is 1. The van der Waals surface area contributed by atoms with Crippen LogP contribution in [0.2, 0.25) is 0 Å². The van der Waals surface area contributed by atoms with Gasteiger partial charge in [0, 0.05) is 17.8 Å². The minimum Gasteiger partial charge on any atom is -0.308 e. The van der Waals surface area contributed by atoms with E-state index in [9.17, 15) is 22.8 Å². The molecule has 0 aliphatic heterocycles. The van der Waals surface area contributed by atoms with E-state index < -0.39 is 29.6 Å². The summed E-state index contributed by atoms with van der Waals surface area (Å²) >= 11 is 0. The third kappa shape index (κ3) is 3.41. The lowest BCUT2D eigenvalue weighted by molar-refractivity contribution is -0.137. The number of benzene rings is 1. The molecule has 2 aromatic rings. The molecule has 112 valence electrons. The third-order valence-corrected chi connectivity index (χ3v) is 2.95. The van der Waals surface area contributed by atoms with Gasteiger partial charge in [-0.25, -0.2) is 0 Å². The average molecular weight is 306 g/mol. The highest BCUT2D eigenvalue weighted by Crippen LogP contribution is 2.29. The van der Waals surface area contributed by atoms with E-state index in [4.69, 9.17) is 5.26 Å². The van der Waals surface area contributed by atoms with Gasteiger partial charge in [-0.05, 0) is 18.2 Å². The highest BCUT2D eigenvalue weighted by Gasteiger charge is 2.30. The number of carbonyl (C=O) groups is 1. The first-order valence-electron chi connectivity index (χ1n) is 6.12. The topological polar surface area (TPSA) is 62.9 Å². The first kappa shape index (κ1) is 15.5. The van der Waals surface area contributed by atoms with E-state index >= 15 is 0 Å². The Balaban J connectivity index is 2.27. The van der Waals surface area contributed by atoms with Gasteiger partial charge in [-0.3, -0.25) is 9.59 Å². The predicted octanol–water partition coefficient (Wildman–Crippen LogP) is 2.62. The lowest BCUT2D eigenvalue weighted by atomic mass is 10.1. The molecule has 0 aliphatic rings. The van der Waals surface area contributed by atoms with Crippen molar-refractivity contribution >= 4 is 5.78 Å². The van der Waals surface area contributed by atoms with Gasteiger partial charge >= 0.3 is 6.18 Å². The summed E-state index contributed by atoms with van der Waals surface area (Å²) in [5, 5.41) is 8.65. The smallest absolute Gasteiger partial charge is 0.308 e. The number of alkyl halides is 3. The standard InChI is InChI=1S/C15H9F3N2O2/c16-15(17,18)12-3-1-2-11(7-12)13(21)9-20-5-4-10(8-19)6-14(20)22/h1-7H,9H2. The molecule has 0 unspecified atom stereocenters.